The average molecular weight is 425 g/mol. The average Bonchev–Trinajstić information content (AvgIpc) is 3.40. The number of amides is 1. The molecule has 30 heavy (non-hydrogen) atoms. The number of halogens is 2. The molecule has 0 unspecified atom stereocenters. The van der Waals surface area contributed by atoms with Crippen molar-refractivity contribution in [2.75, 3.05) is 5.32 Å². The largest absolute Gasteiger partial charge is 0.435 e. The molecule has 2 aromatic heterocycles. The summed E-state index contributed by atoms with van der Waals surface area (Å²) in [6, 6.07) is 19.4. The first-order valence-electron chi connectivity index (χ1n) is 9.10. The molecule has 0 saturated carbocycles. The first-order chi connectivity index (χ1) is 14.6. The molecule has 2 heterocycles. The summed E-state index contributed by atoms with van der Waals surface area (Å²) in [7, 11) is 0. The van der Waals surface area contributed by atoms with Gasteiger partial charge in [-0.3, -0.25) is 9.48 Å². The highest BCUT2D eigenvalue weighted by Gasteiger charge is 2.19. The van der Waals surface area contributed by atoms with Gasteiger partial charge in [0.05, 0.1) is 17.0 Å². The molecule has 1 amide bonds. The van der Waals surface area contributed by atoms with Crippen LogP contribution in [0.25, 0.3) is 10.6 Å². The number of hydrogen-bond acceptors (Lipinski definition) is 4. The summed E-state index contributed by atoms with van der Waals surface area (Å²) in [5.41, 5.74) is 2.56. The first-order valence-corrected chi connectivity index (χ1v) is 9.98. The normalized spacial score (nSPS) is 10.9. The van der Waals surface area contributed by atoms with Crippen LogP contribution in [0.1, 0.15) is 15.9 Å². The molecule has 0 fully saturated rings. The Morgan fingerprint density at radius 3 is 2.50 bits per heavy atom. The number of aromatic nitrogens is 2. The lowest BCUT2D eigenvalue weighted by Gasteiger charge is -2.07. The van der Waals surface area contributed by atoms with E-state index < -0.39 is 6.61 Å². The topological polar surface area (TPSA) is 56.1 Å². The van der Waals surface area contributed by atoms with E-state index in [0.29, 0.717) is 23.5 Å². The third-order valence-corrected chi connectivity index (χ3v) is 5.16. The van der Waals surface area contributed by atoms with E-state index in [1.165, 1.54) is 35.6 Å². The van der Waals surface area contributed by atoms with Gasteiger partial charge in [0.15, 0.2) is 0 Å². The molecule has 8 heteroatoms. The van der Waals surface area contributed by atoms with Gasteiger partial charge in [-0.15, -0.1) is 11.3 Å². The van der Waals surface area contributed by atoms with Crippen molar-refractivity contribution in [3.63, 3.8) is 0 Å². The van der Waals surface area contributed by atoms with Gasteiger partial charge in [0, 0.05) is 11.9 Å². The van der Waals surface area contributed by atoms with E-state index in [-0.39, 0.29) is 11.7 Å². The number of benzene rings is 2. The number of hydrogen-bond donors (Lipinski definition) is 1. The van der Waals surface area contributed by atoms with Crippen LogP contribution >= 0.6 is 11.3 Å². The Morgan fingerprint density at radius 1 is 1.07 bits per heavy atom. The number of alkyl halides is 2. The van der Waals surface area contributed by atoms with Crippen LogP contribution in [0, 0.1) is 0 Å². The highest BCUT2D eigenvalue weighted by atomic mass is 32.1. The minimum absolute atomic E-state index is 0.0259. The maximum Gasteiger partial charge on any atom is 0.387 e. The lowest BCUT2D eigenvalue weighted by atomic mass is 10.2. The molecule has 4 rings (SSSR count). The van der Waals surface area contributed by atoms with Gasteiger partial charge in [0.1, 0.15) is 11.4 Å². The zero-order valence-electron chi connectivity index (χ0n) is 15.7. The Labute approximate surface area is 175 Å². The molecule has 0 aliphatic carbocycles. The zero-order valence-corrected chi connectivity index (χ0v) is 16.5. The van der Waals surface area contributed by atoms with Crippen LogP contribution in [0.2, 0.25) is 0 Å². The summed E-state index contributed by atoms with van der Waals surface area (Å²) >= 11 is 1.50. The minimum Gasteiger partial charge on any atom is -0.435 e. The number of nitrogens with one attached hydrogen (secondary N) is 1. The van der Waals surface area contributed by atoms with Crippen LogP contribution in [-0.2, 0) is 6.54 Å². The van der Waals surface area contributed by atoms with Gasteiger partial charge < -0.3 is 10.1 Å². The van der Waals surface area contributed by atoms with Crippen molar-refractivity contribution < 1.29 is 18.3 Å². The zero-order chi connectivity index (χ0) is 20.9. The van der Waals surface area contributed by atoms with E-state index in [1.807, 2.05) is 47.8 Å². The predicted octanol–water partition coefficient (Wildman–Crippen LogP) is 5.51. The van der Waals surface area contributed by atoms with Gasteiger partial charge in [-0.25, -0.2) is 0 Å². The van der Waals surface area contributed by atoms with Gasteiger partial charge in [-0.2, -0.15) is 13.9 Å². The van der Waals surface area contributed by atoms with E-state index in [0.717, 1.165) is 10.4 Å². The summed E-state index contributed by atoms with van der Waals surface area (Å²) in [5.74, 6) is -0.307. The Bertz CT molecular complexity index is 1110. The van der Waals surface area contributed by atoms with E-state index in [9.17, 15) is 13.6 Å². The van der Waals surface area contributed by atoms with Gasteiger partial charge in [-0.05, 0) is 41.3 Å². The highest BCUT2D eigenvalue weighted by Crippen LogP contribution is 2.28. The van der Waals surface area contributed by atoms with Gasteiger partial charge in [0.25, 0.3) is 5.91 Å². The molecular weight excluding hydrogens is 408 g/mol. The quantitative estimate of drug-likeness (QED) is 0.425. The van der Waals surface area contributed by atoms with Crippen LogP contribution in [0.15, 0.2) is 78.3 Å². The second-order valence-corrected chi connectivity index (χ2v) is 7.36. The number of ether oxygens (including phenoxy) is 1. The number of thiophene rings is 1. The fraction of sp³-hybridized carbons (Fsp3) is 0.0909. The second kappa shape index (κ2) is 8.87. The molecule has 2 aromatic carbocycles. The lowest BCUT2D eigenvalue weighted by molar-refractivity contribution is -0.0498. The van der Waals surface area contributed by atoms with Crippen molar-refractivity contribution in [3.8, 4) is 16.3 Å². The number of carbonyl (C=O) groups excluding carboxylic acids is 1. The van der Waals surface area contributed by atoms with E-state index in [2.05, 4.69) is 15.2 Å². The van der Waals surface area contributed by atoms with Crippen LogP contribution in [-0.4, -0.2) is 22.3 Å². The maximum atomic E-state index is 12.9. The molecule has 152 valence electrons. The second-order valence-electron chi connectivity index (χ2n) is 6.41. The molecule has 0 bridgehead atoms. The van der Waals surface area contributed by atoms with Crippen molar-refractivity contribution in [3.05, 3.63) is 89.4 Å². The molecule has 0 spiro atoms. The molecule has 0 radical (unpaired) electrons. The van der Waals surface area contributed by atoms with Crippen LogP contribution in [0.3, 0.4) is 0 Å². The fourth-order valence-electron chi connectivity index (χ4n) is 2.95. The van der Waals surface area contributed by atoms with Crippen molar-refractivity contribution >= 4 is 22.9 Å². The highest BCUT2D eigenvalue weighted by molar-refractivity contribution is 7.13. The summed E-state index contributed by atoms with van der Waals surface area (Å²) in [5, 5.41) is 9.33. The molecule has 0 atom stereocenters. The van der Waals surface area contributed by atoms with Crippen molar-refractivity contribution in [2.45, 2.75) is 13.2 Å². The van der Waals surface area contributed by atoms with E-state index in [1.54, 1.807) is 10.9 Å². The number of anilines is 1. The molecule has 5 nitrogen and oxygen atoms in total. The summed E-state index contributed by atoms with van der Waals surface area (Å²) in [6.07, 6.45) is 1.71. The smallest absolute Gasteiger partial charge is 0.387 e. The van der Waals surface area contributed by atoms with Gasteiger partial charge in [0.2, 0.25) is 0 Å². The molecular formula is C22H17F2N3O2S. The Morgan fingerprint density at radius 2 is 1.83 bits per heavy atom. The van der Waals surface area contributed by atoms with Gasteiger partial charge >= 0.3 is 6.61 Å². The molecule has 0 saturated heterocycles. The fourth-order valence-corrected chi connectivity index (χ4v) is 3.68. The lowest BCUT2D eigenvalue weighted by Crippen LogP contribution is -2.12. The van der Waals surface area contributed by atoms with E-state index in [4.69, 9.17) is 0 Å². The maximum absolute atomic E-state index is 12.9. The first kappa shape index (κ1) is 19.8. The predicted molar refractivity (Wildman–Crippen MR) is 112 cm³/mol. The SMILES string of the molecule is O=C(Nc1ccc(OC(F)F)cc1)c1cn(Cc2ccccc2)nc1-c1cccs1. The van der Waals surface area contributed by atoms with Crippen LogP contribution in [0.4, 0.5) is 14.5 Å². The molecule has 0 aliphatic heterocycles. The third kappa shape index (κ3) is 4.72. The Balaban J connectivity index is 1.57. The number of nitrogens with zero attached hydrogens (tertiary/aromatic N) is 2. The standard InChI is InChI=1S/C22H17F2N3O2S/c23-22(24)29-17-10-8-16(9-11-17)25-21(28)18-14-27(13-15-5-2-1-3-6-15)26-20(18)19-7-4-12-30-19/h1-12,14,22H,13H2,(H,25,28). The summed E-state index contributed by atoms with van der Waals surface area (Å²) in [4.78, 5) is 13.8. The van der Waals surface area contributed by atoms with Crippen LogP contribution < -0.4 is 10.1 Å². The third-order valence-electron chi connectivity index (χ3n) is 4.29. The van der Waals surface area contributed by atoms with Crippen LogP contribution in [0.5, 0.6) is 5.75 Å². The number of rotatable bonds is 7. The van der Waals surface area contributed by atoms with Crippen molar-refractivity contribution in [1.29, 1.82) is 0 Å². The van der Waals surface area contributed by atoms with Crippen molar-refractivity contribution in [2.24, 2.45) is 0 Å². The molecule has 0 aliphatic rings. The Kier molecular flexibility index (Phi) is 5.85. The summed E-state index contributed by atoms with van der Waals surface area (Å²) in [6.45, 7) is -2.36. The summed E-state index contributed by atoms with van der Waals surface area (Å²) < 4.78 is 30.6. The Hall–Kier alpha value is -3.52. The molecule has 1 N–H and O–H groups in total. The van der Waals surface area contributed by atoms with Crippen molar-refractivity contribution in [1.82, 2.24) is 9.78 Å². The monoisotopic (exact) mass is 425 g/mol. The molecule has 4 aromatic rings. The minimum atomic E-state index is -2.89. The van der Waals surface area contributed by atoms with Gasteiger partial charge in [-0.1, -0.05) is 36.4 Å². The van der Waals surface area contributed by atoms with E-state index >= 15 is 0 Å². The number of carbonyl (C=O) groups is 1.